The fraction of sp³-hybridized carbons (Fsp3) is 0.438. The molecule has 1 N–H and O–H groups in total. The zero-order valence-corrected chi connectivity index (χ0v) is 16.7. The summed E-state index contributed by atoms with van der Waals surface area (Å²) in [6.45, 7) is -0.360. The van der Waals surface area contributed by atoms with E-state index in [4.69, 9.17) is 16.3 Å². The van der Waals surface area contributed by atoms with E-state index >= 15 is 0 Å². The zero-order valence-electron chi connectivity index (χ0n) is 15.2. The number of ether oxygens (including phenoxy) is 2. The van der Waals surface area contributed by atoms with Crippen molar-refractivity contribution in [2.75, 3.05) is 34.4 Å². The molecule has 0 atom stereocenters. The van der Waals surface area contributed by atoms with Crippen LogP contribution in [0.3, 0.4) is 0 Å². The Hall–Kier alpha value is -2.17. The summed E-state index contributed by atoms with van der Waals surface area (Å²) in [5, 5.41) is 2.47. The number of nitrogens with zero attached hydrogens (tertiary/aromatic N) is 1. The van der Waals surface area contributed by atoms with E-state index in [0.29, 0.717) is 6.42 Å². The second kappa shape index (κ2) is 10.2. The molecule has 0 aliphatic rings. The molecule has 0 unspecified atom stereocenters. The maximum atomic E-state index is 12.1. The molecular weight excluding hydrogens is 400 g/mol. The minimum Gasteiger partial charge on any atom is -0.469 e. The van der Waals surface area contributed by atoms with Gasteiger partial charge in [0.1, 0.15) is 0 Å². The summed E-state index contributed by atoms with van der Waals surface area (Å²) in [6, 6.07) is 3.62. The van der Waals surface area contributed by atoms with Gasteiger partial charge in [0.05, 0.1) is 22.6 Å². The smallest absolute Gasteiger partial charge is 0.340 e. The molecule has 11 heteroatoms. The minimum absolute atomic E-state index is 0.00353. The van der Waals surface area contributed by atoms with Crippen LogP contribution in [-0.4, -0.2) is 64.9 Å². The number of carbonyl (C=O) groups excluding carboxylic acids is 3. The number of sulfonamides is 1. The van der Waals surface area contributed by atoms with Crippen molar-refractivity contribution in [2.24, 2.45) is 0 Å². The lowest BCUT2D eigenvalue weighted by Gasteiger charge is -2.13. The summed E-state index contributed by atoms with van der Waals surface area (Å²) in [5.41, 5.74) is -0.168. The highest BCUT2D eigenvalue weighted by Crippen LogP contribution is 2.22. The summed E-state index contributed by atoms with van der Waals surface area (Å²) in [6.07, 6.45) is 0.530. The van der Waals surface area contributed by atoms with Crippen LogP contribution < -0.4 is 5.32 Å². The molecular formula is C16H21ClN2O7S. The Morgan fingerprint density at radius 1 is 1.22 bits per heavy atom. The van der Waals surface area contributed by atoms with Gasteiger partial charge in [-0.1, -0.05) is 11.6 Å². The van der Waals surface area contributed by atoms with E-state index in [9.17, 15) is 22.8 Å². The first-order valence-electron chi connectivity index (χ1n) is 7.82. The summed E-state index contributed by atoms with van der Waals surface area (Å²) >= 11 is 5.93. The second-order valence-electron chi connectivity index (χ2n) is 5.53. The molecule has 1 aromatic carbocycles. The van der Waals surface area contributed by atoms with E-state index < -0.39 is 34.5 Å². The Bertz CT molecular complexity index is 809. The van der Waals surface area contributed by atoms with Crippen LogP contribution in [0, 0.1) is 0 Å². The number of hydrogen-bond donors (Lipinski definition) is 1. The number of amides is 1. The van der Waals surface area contributed by atoms with Crippen LogP contribution in [0.15, 0.2) is 23.1 Å². The minimum atomic E-state index is -3.76. The predicted octanol–water partition coefficient (Wildman–Crippen LogP) is 0.817. The van der Waals surface area contributed by atoms with Gasteiger partial charge in [0.2, 0.25) is 10.0 Å². The number of methoxy groups -OCH3 is 1. The van der Waals surface area contributed by atoms with E-state index in [-0.39, 0.29) is 28.4 Å². The maximum absolute atomic E-state index is 12.1. The number of rotatable bonds is 9. The highest BCUT2D eigenvalue weighted by molar-refractivity contribution is 7.89. The lowest BCUT2D eigenvalue weighted by atomic mass is 10.2. The number of benzene rings is 1. The molecule has 1 aromatic rings. The third kappa shape index (κ3) is 6.81. The van der Waals surface area contributed by atoms with Crippen LogP contribution in [0.25, 0.3) is 0 Å². The van der Waals surface area contributed by atoms with Crippen molar-refractivity contribution in [3.8, 4) is 0 Å². The molecule has 0 spiro atoms. The molecule has 1 amide bonds. The van der Waals surface area contributed by atoms with E-state index in [0.717, 1.165) is 10.4 Å². The van der Waals surface area contributed by atoms with Crippen molar-refractivity contribution in [2.45, 2.75) is 17.7 Å². The Kier molecular flexibility index (Phi) is 8.67. The lowest BCUT2D eigenvalue weighted by molar-refractivity contribution is -0.140. The van der Waals surface area contributed by atoms with Crippen LogP contribution in [-0.2, 0) is 29.1 Å². The van der Waals surface area contributed by atoms with E-state index in [1.165, 1.54) is 33.3 Å². The summed E-state index contributed by atoms with van der Waals surface area (Å²) in [5.74, 6) is -1.89. The second-order valence-corrected chi connectivity index (χ2v) is 8.09. The third-order valence-electron chi connectivity index (χ3n) is 3.38. The summed E-state index contributed by atoms with van der Waals surface area (Å²) in [4.78, 5) is 34.6. The Balaban J connectivity index is 2.65. The molecule has 0 aliphatic heterocycles. The standard InChI is InChI=1S/C16H21ClN2O7S/c1-19(2)27(23,24)11-6-7-13(17)12(9-11)16(22)26-10-14(20)18-8-4-5-15(21)25-3/h6-7,9H,4-5,8,10H2,1-3H3,(H,18,20). The fourth-order valence-electron chi connectivity index (χ4n) is 1.85. The van der Waals surface area contributed by atoms with Gasteiger partial charge in [0, 0.05) is 27.1 Å². The first kappa shape index (κ1) is 22.9. The van der Waals surface area contributed by atoms with Crippen molar-refractivity contribution in [1.82, 2.24) is 9.62 Å². The Labute approximate surface area is 162 Å². The topological polar surface area (TPSA) is 119 Å². The number of carbonyl (C=O) groups is 3. The van der Waals surface area contributed by atoms with Crippen molar-refractivity contribution in [1.29, 1.82) is 0 Å². The molecule has 150 valence electrons. The molecule has 0 radical (unpaired) electrons. The highest BCUT2D eigenvalue weighted by atomic mass is 35.5. The predicted molar refractivity (Wildman–Crippen MR) is 96.9 cm³/mol. The van der Waals surface area contributed by atoms with Crippen molar-refractivity contribution < 1.29 is 32.3 Å². The van der Waals surface area contributed by atoms with Gasteiger partial charge in [-0.2, -0.15) is 0 Å². The van der Waals surface area contributed by atoms with Crippen LogP contribution in [0.1, 0.15) is 23.2 Å². The first-order chi connectivity index (χ1) is 12.6. The molecule has 1 rings (SSSR count). The average molecular weight is 421 g/mol. The normalized spacial score (nSPS) is 11.1. The average Bonchev–Trinajstić information content (AvgIpc) is 2.62. The van der Waals surface area contributed by atoms with Gasteiger partial charge < -0.3 is 14.8 Å². The van der Waals surface area contributed by atoms with Crippen LogP contribution >= 0.6 is 11.6 Å². The largest absolute Gasteiger partial charge is 0.469 e. The summed E-state index contributed by atoms with van der Waals surface area (Å²) < 4.78 is 34.6. The van der Waals surface area contributed by atoms with Gasteiger partial charge >= 0.3 is 11.9 Å². The third-order valence-corrected chi connectivity index (χ3v) is 5.52. The van der Waals surface area contributed by atoms with Crippen LogP contribution in [0.4, 0.5) is 0 Å². The van der Waals surface area contributed by atoms with Gasteiger partial charge in [0.15, 0.2) is 6.61 Å². The molecule has 0 saturated heterocycles. The van der Waals surface area contributed by atoms with Crippen LogP contribution in [0.5, 0.6) is 0 Å². The molecule has 0 aromatic heterocycles. The maximum Gasteiger partial charge on any atom is 0.340 e. The zero-order chi connectivity index (χ0) is 20.6. The van der Waals surface area contributed by atoms with Gasteiger partial charge in [-0.25, -0.2) is 17.5 Å². The molecule has 27 heavy (non-hydrogen) atoms. The number of halogens is 1. The van der Waals surface area contributed by atoms with E-state index in [1.807, 2.05) is 0 Å². The van der Waals surface area contributed by atoms with Gasteiger partial charge in [-0.05, 0) is 24.6 Å². The summed E-state index contributed by atoms with van der Waals surface area (Å²) in [7, 11) is 0.220. The monoisotopic (exact) mass is 420 g/mol. The van der Waals surface area contributed by atoms with Crippen LogP contribution in [0.2, 0.25) is 5.02 Å². The van der Waals surface area contributed by atoms with E-state index in [2.05, 4.69) is 10.1 Å². The molecule has 0 fully saturated rings. The molecule has 0 bridgehead atoms. The fourth-order valence-corrected chi connectivity index (χ4v) is 2.98. The number of hydrogen-bond acceptors (Lipinski definition) is 7. The van der Waals surface area contributed by atoms with Crippen molar-refractivity contribution >= 4 is 39.5 Å². The van der Waals surface area contributed by atoms with Gasteiger partial charge in [-0.15, -0.1) is 0 Å². The molecule has 0 heterocycles. The quantitative estimate of drug-likeness (QED) is 0.463. The molecule has 0 aliphatic carbocycles. The first-order valence-corrected chi connectivity index (χ1v) is 9.64. The highest BCUT2D eigenvalue weighted by Gasteiger charge is 2.21. The number of nitrogens with one attached hydrogen (secondary N) is 1. The lowest BCUT2D eigenvalue weighted by Crippen LogP contribution is -2.30. The molecule has 9 nitrogen and oxygen atoms in total. The SMILES string of the molecule is COC(=O)CCCNC(=O)COC(=O)c1cc(S(=O)(=O)N(C)C)ccc1Cl. The van der Waals surface area contributed by atoms with Crippen molar-refractivity contribution in [3.05, 3.63) is 28.8 Å². The Morgan fingerprint density at radius 3 is 2.48 bits per heavy atom. The van der Waals surface area contributed by atoms with Crippen molar-refractivity contribution in [3.63, 3.8) is 0 Å². The number of esters is 2. The van der Waals surface area contributed by atoms with Gasteiger partial charge in [-0.3, -0.25) is 9.59 Å². The Morgan fingerprint density at radius 2 is 1.89 bits per heavy atom. The van der Waals surface area contributed by atoms with Gasteiger partial charge in [0.25, 0.3) is 5.91 Å². The molecule has 0 saturated carbocycles. The van der Waals surface area contributed by atoms with E-state index in [1.54, 1.807) is 0 Å².